The molecule has 3 aromatic rings. The van der Waals surface area contributed by atoms with E-state index in [4.69, 9.17) is 9.47 Å². The Balaban J connectivity index is 1.39. The van der Waals surface area contributed by atoms with Gasteiger partial charge in [0.25, 0.3) is 11.7 Å². The molecule has 1 fully saturated rings. The van der Waals surface area contributed by atoms with Crippen LogP contribution in [0, 0.1) is 0 Å². The Labute approximate surface area is 157 Å². The van der Waals surface area contributed by atoms with Crippen molar-refractivity contribution < 1.29 is 14.3 Å². The Kier molecular flexibility index (Phi) is 3.74. The number of hydrogen-bond donors (Lipinski definition) is 1. The number of aromatic nitrogens is 1. The maximum absolute atomic E-state index is 12.8. The number of amides is 1. The molecule has 1 spiro atoms. The van der Waals surface area contributed by atoms with Gasteiger partial charge in [-0.2, -0.15) is 0 Å². The van der Waals surface area contributed by atoms with Crippen LogP contribution in [-0.2, 0) is 0 Å². The van der Waals surface area contributed by atoms with E-state index < -0.39 is 5.79 Å². The molecular formula is C22H20N2O3. The van der Waals surface area contributed by atoms with Crippen molar-refractivity contribution >= 4 is 22.5 Å². The van der Waals surface area contributed by atoms with Crippen LogP contribution in [0.2, 0.25) is 0 Å². The minimum absolute atomic E-state index is 0.189. The Bertz CT molecular complexity index is 1020. The fourth-order valence-corrected chi connectivity index (χ4v) is 3.95. The molecule has 1 amide bonds. The van der Waals surface area contributed by atoms with Crippen LogP contribution in [0.1, 0.15) is 42.5 Å². The predicted octanol–water partition coefficient (Wildman–Crippen LogP) is 4.92. The SMILES string of the molecule is O=C(Nc1ccc2c(c1)OC1(CCCCC1)O2)c1cccc2cccnc12. The number of para-hydroxylation sites is 1. The van der Waals surface area contributed by atoms with E-state index in [1.54, 1.807) is 12.3 Å². The lowest BCUT2D eigenvalue weighted by atomic mass is 9.94. The molecule has 1 aromatic heterocycles. The van der Waals surface area contributed by atoms with Crippen molar-refractivity contribution in [3.63, 3.8) is 0 Å². The largest absolute Gasteiger partial charge is 0.448 e. The van der Waals surface area contributed by atoms with Crippen LogP contribution in [0.5, 0.6) is 11.5 Å². The Morgan fingerprint density at radius 1 is 0.963 bits per heavy atom. The van der Waals surface area contributed by atoms with Gasteiger partial charge >= 0.3 is 0 Å². The molecule has 136 valence electrons. The van der Waals surface area contributed by atoms with E-state index in [9.17, 15) is 4.79 Å². The van der Waals surface area contributed by atoms with Gasteiger partial charge in [-0.3, -0.25) is 9.78 Å². The molecule has 5 rings (SSSR count). The van der Waals surface area contributed by atoms with Crippen molar-refractivity contribution in [3.05, 3.63) is 60.3 Å². The molecule has 2 heterocycles. The average molecular weight is 360 g/mol. The molecule has 1 aliphatic carbocycles. The topological polar surface area (TPSA) is 60.5 Å². The summed E-state index contributed by atoms with van der Waals surface area (Å²) < 4.78 is 12.2. The average Bonchev–Trinajstić information content (AvgIpc) is 3.04. The third-order valence-corrected chi connectivity index (χ3v) is 5.29. The van der Waals surface area contributed by atoms with E-state index in [1.165, 1.54) is 6.42 Å². The minimum atomic E-state index is -0.511. The highest BCUT2D eigenvalue weighted by atomic mass is 16.7. The van der Waals surface area contributed by atoms with Gasteiger partial charge in [0, 0.05) is 36.2 Å². The summed E-state index contributed by atoms with van der Waals surface area (Å²) >= 11 is 0. The number of anilines is 1. The number of carbonyl (C=O) groups is 1. The number of rotatable bonds is 2. The number of pyridine rings is 1. The second kappa shape index (κ2) is 6.27. The third-order valence-electron chi connectivity index (χ3n) is 5.29. The van der Waals surface area contributed by atoms with Crippen LogP contribution < -0.4 is 14.8 Å². The summed E-state index contributed by atoms with van der Waals surface area (Å²) in [5.74, 6) is 0.751. The second-order valence-corrected chi connectivity index (χ2v) is 7.17. The highest BCUT2D eigenvalue weighted by Gasteiger charge is 2.42. The van der Waals surface area contributed by atoms with Crippen molar-refractivity contribution in [1.29, 1.82) is 0 Å². The number of nitrogens with zero attached hydrogens (tertiary/aromatic N) is 1. The van der Waals surface area contributed by atoms with Gasteiger partial charge in [-0.1, -0.05) is 24.6 Å². The molecule has 0 radical (unpaired) electrons. The summed E-state index contributed by atoms with van der Waals surface area (Å²) in [6.07, 6.45) is 6.97. The van der Waals surface area contributed by atoms with Crippen LogP contribution in [0.25, 0.3) is 10.9 Å². The molecule has 0 bridgehead atoms. The van der Waals surface area contributed by atoms with E-state index in [1.807, 2.05) is 42.5 Å². The smallest absolute Gasteiger partial charge is 0.257 e. The van der Waals surface area contributed by atoms with E-state index >= 15 is 0 Å². The van der Waals surface area contributed by atoms with Crippen molar-refractivity contribution in [2.45, 2.75) is 37.9 Å². The van der Waals surface area contributed by atoms with Crippen LogP contribution in [0.15, 0.2) is 54.7 Å². The molecule has 27 heavy (non-hydrogen) atoms. The van der Waals surface area contributed by atoms with Crippen LogP contribution in [0.3, 0.4) is 0 Å². The van der Waals surface area contributed by atoms with Gasteiger partial charge in [0.15, 0.2) is 11.5 Å². The Morgan fingerprint density at radius 2 is 1.78 bits per heavy atom. The first kappa shape index (κ1) is 16.1. The van der Waals surface area contributed by atoms with Crippen LogP contribution >= 0.6 is 0 Å². The number of hydrogen-bond acceptors (Lipinski definition) is 4. The van der Waals surface area contributed by atoms with Crippen LogP contribution in [-0.4, -0.2) is 16.7 Å². The van der Waals surface area contributed by atoms with Gasteiger partial charge in [-0.25, -0.2) is 0 Å². The lowest BCUT2D eigenvalue weighted by Gasteiger charge is -2.31. The first-order chi connectivity index (χ1) is 13.2. The number of benzene rings is 2. The monoisotopic (exact) mass is 360 g/mol. The lowest BCUT2D eigenvalue weighted by Crippen LogP contribution is -2.40. The Hall–Kier alpha value is -3.08. The lowest BCUT2D eigenvalue weighted by molar-refractivity contribution is -0.105. The Morgan fingerprint density at radius 3 is 2.67 bits per heavy atom. The molecular weight excluding hydrogens is 340 g/mol. The van der Waals surface area contributed by atoms with Gasteiger partial charge in [-0.15, -0.1) is 0 Å². The van der Waals surface area contributed by atoms with Gasteiger partial charge in [0.2, 0.25) is 0 Å². The van der Waals surface area contributed by atoms with Crippen molar-refractivity contribution in [1.82, 2.24) is 4.98 Å². The maximum atomic E-state index is 12.8. The predicted molar refractivity (Wildman–Crippen MR) is 103 cm³/mol. The first-order valence-electron chi connectivity index (χ1n) is 9.40. The normalized spacial score (nSPS) is 17.2. The van der Waals surface area contributed by atoms with Crippen LogP contribution in [0.4, 0.5) is 5.69 Å². The van der Waals surface area contributed by atoms with Gasteiger partial charge in [-0.05, 0) is 37.1 Å². The number of nitrogens with one attached hydrogen (secondary N) is 1. The second-order valence-electron chi connectivity index (χ2n) is 7.17. The molecule has 5 nitrogen and oxygen atoms in total. The fraction of sp³-hybridized carbons (Fsp3) is 0.273. The molecule has 1 N–H and O–H groups in total. The minimum Gasteiger partial charge on any atom is -0.448 e. The molecule has 0 atom stereocenters. The molecule has 1 saturated carbocycles. The van der Waals surface area contributed by atoms with Gasteiger partial charge in [0.05, 0.1) is 11.1 Å². The van der Waals surface area contributed by atoms with Crippen molar-refractivity contribution in [2.24, 2.45) is 0 Å². The van der Waals surface area contributed by atoms with E-state index in [0.717, 1.165) is 36.8 Å². The zero-order valence-electron chi connectivity index (χ0n) is 14.9. The summed E-state index contributed by atoms with van der Waals surface area (Å²) in [5, 5.41) is 3.90. The number of ether oxygens (including phenoxy) is 2. The molecule has 5 heteroatoms. The van der Waals surface area contributed by atoms with E-state index in [2.05, 4.69) is 10.3 Å². The number of carbonyl (C=O) groups excluding carboxylic acids is 1. The highest BCUT2D eigenvalue weighted by molar-refractivity contribution is 6.11. The zero-order valence-corrected chi connectivity index (χ0v) is 14.9. The van der Waals surface area contributed by atoms with Gasteiger partial charge < -0.3 is 14.8 Å². The standard InChI is InChI=1S/C22H20N2O3/c25-21(17-8-4-6-15-7-5-13-23-20(15)17)24-16-9-10-18-19(14-16)27-22(26-18)11-2-1-3-12-22/h4-10,13-14H,1-3,11-12H2,(H,24,25). The summed E-state index contributed by atoms with van der Waals surface area (Å²) in [4.78, 5) is 17.2. The molecule has 0 saturated heterocycles. The fourth-order valence-electron chi connectivity index (χ4n) is 3.95. The van der Waals surface area contributed by atoms with E-state index in [0.29, 0.717) is 22.5 Å². The summed E-state index contributed by atoms with van der Waals surface area (Å²) in [6.45, 7) is 0. The molecule has 2 aromatic carbocycles. The summed E-state index contributed by atoms with van der Waals surface area (Å²) in [6, 6.07) is 15.0. The van der Waals surface area contributed by atoms with E-state index in [-0.39, 0.29) is 5.91 Å². The summed E-state index contributed by atoms with van der Waals surface area (Å²) in [7, 11) is 0. The summed E-state index contributed by atoms with van der Waals surface area (Å²) in [5.41, 5.74) is 1.93. The number of fused-ring (bicyclic) bond motifs is 2. The quantitative estimate of drug-likeness (QED) is 0.705. The molecule has 1 aliphatic heterocycles. The first-order valence-corrected chi connectivity index (χ1v) is 9.40. The maximum Gasteiger partial charge on any atom is 0.257 e. The highest BCUT2D eigenvalue weighted by Crippen LogP contribution is 2.46. The van der Waals surface area contributed by atoms with Crippen molar-refractivity contribution in [3.8, 4) is 11.5 Å². The molecule has 0 unspecified atom stereocenters. The van der Waals surface area contributed by atoms with Gasteiger partial charge in [0.1, 0.15) is 0 Å². The molecule has 2 aliphatic rings. The third kappa shape index (κ3) is 2.89. The zero-order chi connectivity index (χ0) is 18.3. The van der Waals surface area contributed by atoms with Crippen molar-refractivity contribution in [2.75, 3.05) is 5.32 Å².